The first-order valence-electron chi connectivity index (χ1n) is 4.96. The summed E-state index contributed by atoms with van der Waals surface area (Å²) >= 11 is 5.77. The molecule has 0 bridgehead atoms. The summed E-state index contributed by atoms with van der Waals surface area (Å²) in [5, 5.41) is 0.359. The number of hydrogen-bond donors (Lipinski definition) is 1. The molecule has 2 N–H and O–H groups in total. The van der Waals surface area contributed by atoms with E-state index in [2.05, 4.69) is 4.98 Å². The highest BCUT2D eigenvalue weighted by molar-refractivity contribution is 6.30. The summed E-state index contributed by atoms with van der Waals surface area (Å²) < 4.78 is 38.7. The Morgan fingerprint density at radius 2 is 1.89 bits per heavy atom. The molecule has 0 saturated heterocycles. The zero-order valence-electron chi connectivity index (χ0n) is 9.00. The minimum Gasteiger partial charge on any atom is -0.384 e. The van der Waals surface area contributed by atoms with Crippen LogP contribution in [0.2, 0.25) is 5.02 Å². The van der Waals surface area contributed by atoms with Crippen LogP contribution in [0.3, 0.4) is 0 Å². The summed E-state index contributed by atoms with van der Waals surface area (Å²) in [6.45, 7) is 0. The molecule has 0 saturated carbocycles. The Bertz CT molecular complexity index is 582. The Kier molecular flexibility index (Phi) is 3.17. The number of benzene rings is 1. The van der Waals surface area contributed by atoms with E-state index in [0.717, 1.165) is 12.3 Å². The number of alkyl halides is 3. The number of nitrogens with zero attached hydrogens (tertiary/aromatic N) is 1. The lowest BCUT2D eigenvalue weighted by atomic mass is 10.0. The van der Waals surface area contributed by atoms with Crippen LogP contribution in [0.1, 0.15) is 5.56 Å². The molecule has 1 aromatic heterocycles. The van der Waals surface area contributed by atoms with E-state index in [0.29, 0.717) is 10.6 Å². The maximum Gasteiger partial charge on any atom is 0.417 e. The maximum absolute atomic E-state index is 12.9. The second kappa shape index (κ2) is 4.49. The summed E-state index contributed by atoms with van der Waals surface area (Å²) in [5.41, 5.74) is 4.78. The van der Waals surface area contributed by atoms with Crippen LogP contribution in [0.25, 0.3) is 11.1 Å². The summed E-state index contributed by atoms with van der Waals surface area (Å²) in [4.78, 5) is 3.69. The van der Waals surface area contributed by atoms with Crippen molar-refractivity contribution in [3.05, 3.63) is 47.1 Å². The number of aromatic nitrogens is 1. The van der Waals surface area contributed by atoms with Crippen LogP contribution in [0, 0.1) is 0 Å². The number of hydrogen-bond acceptors (Lipinski definition) is 2. The zero-order valence-corrected chi connectivity index (χ0v) is 9.76. The monoisotopic (exact) mass is 272 g/mol. The highest BCUT2D eigenvalue weighted by Crippen LogP contribution is 2.37. The Morgan fingerprint density at radius 3 is 2.50 bits per heavy atom. The highest BCUT2D eigenvalue weighted by Gasteiger charge is 2.34. The Morgan fingerprint density at radius 1 is 1.17 bits per heavy atom. The summed E-state index contributed by atoms with van der Waals surface area (Å²) in [5.74, 6) is -0.173. The maximum atomic E-state index is 12.9. The van der Waals surface area contributed by atoms with Crippen molar-refractivity contribution in [2.45, 2.75) is 6.18 Å². The van der Waals surface area contributed by atoms with Crippen LogP contribution in [-0.2, 0) is 6.18 Å². The van der Waals surface area contributed by atoms with Gasteiger partial charge in [-0.3, -0.25) is 0 Å². The molecule has 0 unspecified atom stereocenters. The summed E-state index contributed by atoms with van der Waals surface area (Å²) in [6, 6.07) is 6.96. The van der Waals surface area contributed by atoms with E-state index in [1.807, 2.05) is 0 Å². The van der Waals surface area contributed by atoms with E-state index >= 15 is 0 Å². The van der Waals surface area contributed by atoms with E-state index in [-0.39, 0.29) is 11.4 Å². The van der Waals surface area contributed by atoms with Gasteiger partial charge in [-0.25, -0.2) is 4.98 Å². The average molecular weight is 273 g/mol. The van der Waals surface area contributed by atoms with Gasteiger partial charge >= 0.3 is 6.18 Å². The van der Waals surface area contributed by atoms with Gasteiger partial charge in [-0.2, -0.15) is 13.2 Å². The first-order valence-corrected chi connectivity index (χ1v) is 5.34. The number of halogens is 4. The number of rotatable bonds is 1. The molecule has 0 amide bonds. The topological polar surface area (TPSA) is 38.9 Å². The van der Waals surface area contributed by atoms with Crippen molar-refractivity contribution in [1.82, 2.24) is 4.98 Å². The van der Waals surface area contributed by atoms with Gasteiger partial charge in [0.1, 0.15) is 5.82 Å². The quantitative estimate of drug-likeness (QED) is 0.852. The van der Waals surface area contributed by atoms with Gasteiger partial charge in [-0.15, -0.1) is 0 Å². The molecule has 18 heavy (non-hydrogen) atoms. The molecule has 0 spiro atoms. The molecular weight excluding hydrogens is 265 g/mol. The molecule has 94 valence electrons. The summed E-state index contributed by atoms with van der Waals surface area (Å²) in [7, 11) is 0. The molecule has 0 radical (unpaired) electrons. The van der Waals surface area contributed by atoms with Crippen LogP contribution in [0.4, 0.5) is 19.0 Å². The van der Waals surface area contributed by atoms with Gasteiger partial charge in [0.25, 0.3) is 0 Å². The third kappa shape index (κ3) is 2.56. The van der Waals surface area contributed by atoms with Crippen molar-refractivity contribution < 1.29 is 13.2 Å². The standard InChI is InChI=1S/C12H8ClF3N2/c13-8-3-1-2-7(4-8)9-6-18-11(17)5-10(9)12(14,15)16/h1-6H,(H2,17,18). The van der Waals surface area contributed by atoms with Gasteiger partial charge in [0.15, 0.2) is 0 Å². The van der Waals surface area contributed by atoms with Crippen molar-refractivity contribution in [2.75, 3.05) is 5.73 Å². The van der Waals surface area contributed by atoms with Gasteiger partial charge < -0.3 is 5.73 Å². The molecule has 0 fully saturated rings. The van der Waals surface area contributed by atoms with E-state index in [9.17, 15) is 13.2 Å². The molecule has 6 heteroatoms. The predicted octanol–water partition coefficient (Wildman–Crippen LogP) is 4.00. The number of pyridine rings is 1. The normalized spacial score (nSPS) is 11.6. The Labute approximate surface area is 106 Å². The Hall–Kier alpha value is -1.75. The van der Waals surface area contributed by atoms with Crippen molar-refractivity contribution >= 4 is 17.4 Å². The molecule has 1 heterocycles. The average Bonchev–Trinajstić information content (AvgIpc) is 2.27. The largest absolute Gasteiger partial charge is 0.417 e. The number of nitrogen functional groups attached to an aromatic ring is 1. The SMILES string of the molecule is Nc1cc(C(F)(F)F)c(-c2cccc(Cl)c2)cn1. The van der Waals surface area contributed by atoms with E-state index < -0.39 is 11.7 Å². The van der Waals surface area contributed by atoms with Gasteiger partial charge in [0, 0.05) is 16.8 Å². The molecule has 0 atom stereocenters. The Balaban J connectivity index is 2.64. The molecule has 2 aromatic rings. The lowest BCUT2D eigenvalue weighted by Crippen LogP contribution is -2.09. The third-order valence-corrected chi connectivity index (χ3v) is 2.60. The predicted molar refractivity (Wildman–Crippen MR) is 64.1 cm³/mol. The van der Waals surface area contributed by atoms with Crippen molar-refractivity contribution in [1.29, 1.82) is 0 Å². The van der Waals surface area contributed by atoms with Crippen LogP contribution < -0.4 is 5.73 Å². The van der Waals surface area contributed by atoms with Crippen molar-refractivity contribution in [3.8, 4) is 11.1 Å². The van der Waals surface area contributed by atoms with Crippen LogP contribution in [-0.4, -0.2) is 4.98 Å². The molecule has 0 aliphatic heterocycles. The van der Waals surface area contributed by atoms with E-state index in [1.165, 1.54) is 12.1 Å². The zero-order chi connectivity index (χ0) is 13.3. The van der Waals surface area contributed by atoms with Gasteiger partial charge in [0.2, 0.25) is 0 Å². The van der Waals surface area contributed by atoms with Gasteiger partial charge in [-0.1, -0.05) is 23.7 Å². The first kappa shape index (κ1) is 12.7. The second-order valence-electron chi connectivity index (χ2n) is 3.66. The molecule has 0 aliphatic carbocycles. The smallest absolute Gasteiger partial charge is 0.384 e. The highest BCUT2D eigenvalue weighted by atomic mass is 35.5. The fraction of sp³-hybridized carbons (Fsp3) is 0.0833. The molecule has 2 nitrogen and oxygen atoms in total. The summed E-state index contributed by atoms with van der Waals surface area (Å²) in [6.07, 6.45) is -3.39. The van der Waals surface area contributed by atoms with Crippen LogP contribution >= 0.6 is 11.6 Å². The fourth-order valence-electron chi connectivity index (χ4n) is 1.59. The second-order valence-corrected chi connectivity index (χ2v) is 4.10. The lowest BCUT2D eigenvalue weighted by molar-refractivity contribution is -0.137. The number of anilines is 1. The minimum absolute atomic E-state index is 0.0424. The number of nitrogens with two attached hydrogens (primary N) is 1. The lowest BCUT2D eigenvalue weighted by Gasteiger charge is -2.13. The molecular formula is C12H8ClF3N2. The van der Waals surface area contributed by atoms with Crippen LogP contribution in [0.15, 0.2) is 36.5 Å². The fourth-order valence-corrected chi connectivity index (χ4v) is 1.78. The minimum atomic E-state index is -4.49. The van der Waals surface area contributed by atoms with Gasteiger partial charge in [0.05, 0.1) is 5.56 Å². The van der Waals surface area contributed by atoms with Crippen molar-refractivity contribution in [2.24, 2.45) is 0 Å². The van der Waals surface area contributed by atoms with E-state index in [1.54, 1.807) is 12.1 Å². The van der Waals surface area contributed by atoms with Crippen molar-refractivity contribution in [3.63, 3.8) is 0 Å². The van der Waals surface area contributed by atoms with Crippen LogP contribution in [0.5, 0.6) is 0 Å². The molecule has 2 rings (SSSR count). The molecule has 0 aliphatic rings. The first-order chi connectivity index (χ1) is 8.38. The third-order valence-electron chi connectivity index (χ3n) is 2.37. The van der Waals surface area contributed by atoms with E-state index in [4.69, 9.17) is 17.3 Å². The van der Waals surface area contributed by atoms with Gasteiger partial charge in [-0.05, 0) is 23.8 Å². The molecule has 1 aromatic carbocycles.